The highest BCUT2D eigenvalue weighted by Gasteiger charge is 2.24. The van der Waals surface area contributed by atoms with E-state index in [1.807, 2.05) is 64.1 Å². The second-order valence-electron chi connectivity index (χ2n) is 9.46. The number of esters is 1. The Morgan fingerprint density at radius 2 is 1.63 bits per heavy atom. The summed E-state index contributed by atoms with van der Waals surface area (Å²) in [7, 11) is -2.44. The molecular weight excluding hydrogens is 458 g/mol. The maximum Gasteiger partial charge on any atom is 0.306 e. The number of hydrogen-bond donors (Lipinski definition) is 1. The molecule has 0 heterocycles. The monoisotopic (exact) mass is 495 g/mol. The summed E-state index contributed by atoms with van der Waals surface area (Å²) in [5, 5.41) is 1.76. The third-order valence-electron chi connectivity index (χ3n) is 6.96. The number of methoxy groups -OCH3 is 1. The number of unbranched alkanes of at least 4 members (excludes halogenated alkanes) is 2. The van der Waals surface area contributed by atoms with Crippen LogP contribution in [0.1, 0.15) is 72.8 Å². The Labute approximate surface area is 210 Å². The zero-order valence-corrected chi connectivity index (χ0v) is 22.5. The van der Waals surface area contributed by atoms with Crippen molar-refractivity contribution in [2.24, 2.45) is 0 Å². The molecule has 3 aromatic carbocycles. The lowest BCUT2D eigenvalue weighted by atomic mass is 9.88. The predicted molar refractivity (Wildman–Crippen MR) is 144 cm³/mol. The van der Waals surface area contributed by atoms with Crippen LogP contribution in [0, 0.1) is 27.7 Å². The van der Waals surface area contributed by atoms with Gasteiger partial charge in [0.15, 0.2) is 0 Å². The quantitative estimate of drug-likeness (QED) is 0.240. The minimum absolute atomic E-state index is 0.0495. The summed E-state index contributed by atoms with van der Waals surface area (Å²) in [5.41, 5.74) is 4.87. The van der Waals surface area contributed by atoms with E-state index >= 15 is 0 Å². The number of anilines is 1. The molecular formula is C29H37NO4S. The molecule has 0 amide bonds. The van der Waals surface area contributed by atoms with Crippen LogP contribution in [0.3, 0.4) is 0 Å². The number of hydrogen-bond acceptors (Lipinski definition) is 4. The first-order valence-electron chi connectivity index (χ1n) is 12.3. The zero-order valence-electron chi connectivity index (χ0n) is 21.7. The van der Waals surface area contributed by atoms with Crippen LogP contribution in [0.15, 0.2) is 47.4 Å². The van der Waals surface area contributed by atoms with Crippen LogP contribution in [0.2, 0.25) is 0 Å². The van der Waals surface area contributed by atoms with Gasteiger partial charge in [-0.1, -0.05) is 62.6 Å². The number of rotatable bonds is 10. The summed E-state index contributed by atoms with van der Waals surface area (Å²) in [6.45, 7) is 9.72. The standard InChI is InChI=1S/C29H37NO4S/c1-7-8-9-12-23(18-28(31)34-6)25-16-24-13-10-11-14-26(24)27(17-25)30-35(32,33)29-21(4)19(2)15-20(3)22(29)5/h10-11,13-17,23,30H,7-9,12,18H2,1-6H3. The molecule has 6 heteroatoms. The van der Waals surface area contributed by atoms with Crippen LogP contribution in [0.5, 0.6) is 0 Å². The molecule has 0 saturated heterocycles. The van der Waals surface area contributed by atoms with Gasteiger partial charge in [0, 0.05) is 5.39 Å². The topological polar surface area (TPSA) is 72.5 Å². The number of nitrogens with one attached hydrogen (secondary N) is 1. The van der Waals surface area contributed by atoms with Gasteiger partial charge in [0.1, 0.15) is 0 Å². The van der Waals surface area contributed by atoms with E-state index in [1.165, 1.54) is 7.11 Å². The van der Waals surface area contributed by atoms with Gasteiger partial charge in [0.05, 0.1) is 24.1 Å². The van der Waals surface area contributed by atoms with Crippen molar-refractivity contribution in [2.45, 2.75) is 77.5 Å². The van der Waals surface area contributed by atoms with E-state index in [0.29, 0.717) is 10.6 Å². The lowest BCUT2D eigenvalue weighted by Crippen LogP contribution is -2.17. The van der Waals surface area contributed by atoms with Crippen LogP contribution in [0.4, 0.5) is 5.69 Å². The summed E-state index contributed by atoms with van der Waals surface area (Å²) >= 11 is 0. The van der Waals surface area contributed by atoms with Gasteiger partial charge in [-0.3, -0.25) is 9.52 Å². The fourth-order valence-electron chi connectivity index (χ4n) is 4.75. The van der Waals surface area contributed by atoms with Crippen molar-refractivity contribution in [3.8, 4) is 0 Å². The molecule has 0 fully saturated rings. The molecule has 0 spiro atoms. The van der Waals surface area contributed by atoms with E-state index in [2.05, 4.69) is 17.7 Å². The summed E-state index contributed by atoms with van der Waals surface area (Å²) in [5.74, 6) is -0.310. The second kappa shape index (κ2) is 11.3. The van der Waals surface area contributed by atoms with E-state index in [0.717, 1.165) is 64.3 Å². The Morgan fingerprint density at radius 3 is 2.26 bits per heavy atom. The summed E-state index contributed by atoms with van der Waals surface area (Å²) in [6.07, 6.45) is 4.26. The number of carbonyl (C=O) groups is 1. The molecule has 0 radical (unpaired) electrons. The minimum Gasteiger partial charge on any atom is -0.469 e. The summed E-state index contributed by atoms with van der Waals surface area (Å²) in [4.78, 5) is 12.5. The van der Waals surface area contributed by atoms with Crippen molar-refractivity contribution in [1.29, 1.82) is 0 Å². The molecule has 0 saturated carbocycles. The molecule has 5 nitrogen and oxygen atoms in total. The van der Waals surface area contributed by atoms with Crippen LogP contribution in [0.25, 0.3) is 10.8 Å². The van der Waals surface area contributed by atoms with Crippen molar-refractivity contribution >= 4 is 32.5 Å². The number of aryl methyl sites for hydroxylation is 2. The average Bonchev–Trinajstić information content (AvgIpc) is 2.81. The van der Waals surface area contributed by atoms with Crippen LogP contribution in [-0.2, 0) is 19.6 Å². The van der Waals surface area contributed by atoms with E-state index < -0.39 is 10.0 Å². The molecule has 0 aromatic heterocycles. The van der Waals surface area contributed by atoms with Gasteiger partial charge in [-0.05, 0) is 79.3 Å². The highest BCUT2D eigenvalue weighted by Crippen LogP contribution is 2.35. The van der Waals surface area contributed by atoms with Crippen LogP contribution < -0.4 is 4.72 Å². The van der Waals surface area contributed by atoms with Crippen LogP contribution in [-0.4, -0.2) is 21.5 Å². The molecule has 0 aliphatic carbocycles. The normalized spacial score (nSPS) is 12.5. The number of carbonyl (C=O) groups excluding carboxylic acids is 1. The van der Waals surface area contributed by atoms with Gasteiger partial charge in [-0.25, -0.2) is 8.42 Å². The Balaban J connectivity index is 2.13. The molecule has 3 rings (SSSR count). The Bertz CT molecular complexity index is 1300. The average molecular weight is 496 g/mol. The molecule has 3 aromatic rings. The largest absolute Gasteiger partial charge is 0.469 e. The van der Waals surface area contributed by atoms with Crippen LogP contribution >= 0.6 is 0 Å². The van der Waals surface area contributed by atoms with Crippen molar-refractivity contribution in [1.82, 2.24) is 0 Å². The predicted octanol–water partition coefficient (Wildman–Crippen LogP) is 7.10. The third-order valence-corrected chi connectivity index (χ3v) is 8.60. The maximum absolute atomic E-state index is 13.7. The van der Waals surface area contributed by atoms with Gasteiger partial charge >= 0.3 is 5.97 Å². The highest BCUT2D eigenvalue weighted by atomic mass is 32.2. The first-order valence-corrected chi connectivity index (χ1v) is 13.8. The lowest BCUT2D eigenvalue weighted by molar-refractivity contribution is -0.141. The summed E-state index contributed by atoms with van der Waals surface area (Å²) in [6, 6.07) is 13.7. The van der Waals surface area contributed by atoms with E-state index in [-0.39, 0.29) is 18.3 Å². The molecule has 35 heavy (non-hydrogen) atoms. The smallest absolute Gasteiger partial charge is 0.306 e. The van der Waals surface area contributed by atoms with E-state index in [4.69, 9.17) is 4.74 Å². The number of sulfonamides is 1. The number of fused-ring (bicyclic) bond motifs is 1. The van der Waals surface area contributed by atoms with Gasteiger partial charge in [0.2, 0.25) is 0 Å². The first-order chi connectivity index (χ1) is 16.6. The Kier molecular flexibility index (Phi) is 8.60. The maximum atomic E-state index is 13.7. The lowest BCUT2D eigenvalue weighted by Gasteiger charge is -2.21. The molecule has 1 atom stereocenters. The van der Waals surface area contributed by atoms with E-state index in [9.17, 15) is 13.2 Å². The second-order valence-corrected chi connectivity index (χ2v) is 11.1. The molecule has 0 aliphatic heterocycles. The molecule has 0 bridgehead atoms. The SMILES string of the molecule is CCCCCC(CC(=O)OC)c1cc(NS(=O)(=O)c2c(C)c(C)cc(C)c2C)c2ccccc2c1. The Morgan fingerprint density at radius 1 is 0.971 bits per heavy atom. The molecule has 1 N–H and O–H groups in total. The van der Waals surface area contributed by atoms with Crippen molar-refractivity contribution in [3.05, 3.63) is 70.3 Å². The number of benzene rings is 3. The van der Waals surface area contributed by atoms with Crippen molar-refractivity contribution in [3.63, 3.8) is 0 Å². The van der Waals surface area contributed by atoms with E-state index in [1.54, 1.807) is 0 Å². The third kappa shape index (κ3) is 6.04. The fourth-order valence-corrected chi connectivity index (χ4v) is 6.43. The summed E-state index contributed by atoms with van der Waals surface area (Å²) < 4.78 is 35.3. The first kappa shape index (κ1) is 26.7. The van der Waals surface area contributed by atoms with Crippen molar-refractivity contribution < 1.29 is 17.9 Å². The molecule has 0 aliphatic rings. The minimum atomic E-state index is -3.84. The number of ether oxygens (including phenoxy) is 1. The van der Waals surface area contributed by atoms with Gasteiger partial charge < -0.3 is 4.74 Å². The fraction of sp³-hybridized carbons (Fsp3) is 0.414. The molecule has 1 unspecified atom stereocenters. The van der Waals surface area contributed by atoms with Crippen molar-refractivity contribution in [2.75, 3.05) is 11.8 Å². The Hall–Kier alpha value is -2.86. The molecule has 188 valence electrons. The van der Waals surface area contributed by atoms with Gasteiger partial charge in [-0.2, -0.15) is 0 Å². The van der Waals surface area contributed by atoms with Gasteiger partial charge in [-0.15, -0.1) is 0 Å². The zero-order chi connectivity index (χ0) is 25.8. The van der Waals surface area contributed by atoms with Gasteiger partial charge in [0.25, 0.3) is 10.0 Å². The highest BCUT2D eigenvalue weighted by molar-refractivity contribution is 7.92.